The summed E-state index contributed by atoms with van der Waals surface area (Å²) in [7, 11) is 0. The zero-order valence-electron chi connectivity index (χ0n) is 22.3. The Bertz CT molecular complexity index is 1320. The van der Waals surface area contributed by atoms with Gasteiger partial charge in [-0.1, -0.05) is 71.7 Å². The van der Waals surface area contributed by atoms with Gasteiger partial charge < -0.3 is 15.0 Å². The lowest BCUT2D eigenvalue weighted by atomic mass is 9.92. The highest BCUT2D eigenvalue weighted by Gasteiger charge is 2.25. The largest absolute Gasteiger partial charge is 0.489 e. The molecule has 0 radical (unpaired) electrons. The number of piperidine rings is 1. The Morgan fingerprint density at radius 1 is 0.950 bits per heavy atom. The standard InChI is InChI=1S/C32H33Cl2N3O3/c33-29-12-8-24(19-30(29)34)9-13-32(39)37-16-14-25(15-17-37)20-31(38)36-27(21-35)18-23-6-10-28(11-7-23)40-22-26-4-2-1-3-5-26/h1-8,10-12,19,25,27H,9,13-18,20,22H2,(H,36,38)/t27-/m0/s1. The number of carbonyl (C=O) groups excluding carboxylic acids is 2. The number of benzene rings is 3. The van der Waals surface area contributed by atoms with Crippen molar-refractivity contribution in [3.63, 3.8) is 0 Å². The Hall–Kier alpha value is -3.53. The molecule has 2 amide bonds. The number of amides is 2. The first-order valence-electron chi connectivity index (χ1n) is 13.6. The average molecular weight is 579 g/mol. The molecule has 0 saturated carbocycles. The Morgan fingerprint density at radius 3 is 2.33 bits per heavy atom. The van der Waals surface area contributed by atoms with Crippen LogP contribution in [0, 0.1) is 17.2 Å². The average Bonchev–Trinajstić information content (AvgIpc) is 2.97. The molecule has 6 nitrogen and oxygen atoms in total. The summed E-state index contributed by atoms with van der Waals surface area (Å²) >= 11 is 12.0. The van der Waals surface area contributed by atoms with Crippen LogP contribution in [0.25, 0.3) is 0 Å². The van der Waals surface area contributed by atoms with E-state index < -0.39 is 6.04 Å². The minimum atomic E-state index is -0.605. The minimum absolute atomic E-state index is 0.106. The van der Waals surface area contributed by atoms with E-state index >= 15 is 0 Å². The maximum absolute atomic E-state index is 12.7. The minimum Gasteiger partial charge on any atom is -0.489 e. The molecule has 0 unspecified atom stereocenters. The number of aryl methyl sites for hydroxylation is 1. The number of nitrogens with zero attached hydrogens (tertiary/aromatic N) is 2. The molecule has 0 bridgehead atoms. The van der Waals surface area contributed by atoms with E-state index in [2.05, 4.69) is 11.4 Å². The van der Waals surface area contributed by atoms with E-state index in [-0.39, 0.29) is 17.7 Å². The molecule has 0 aromatic heterocycles. The van der Waals surface area contributed by atoms with Crippen LogP contribution in [0.15, 0.2) is 72.8 Å². The van der Waals surface area contributed by atoms with E-state index in [1.54, 1.807) is 12.1 Å². The van der Waals surface area contributed by atoms with E-state index in [4.69, 9.17) is 27.9 Å². The van der Waals surface area contributed by atoms with Crippen molar-refractivity contribution in [1.29, 1.82) is 5.26 Å². The smallest absolute Gasteiger partial charge is 0.222 e. The molecule has 1 aliphatic rings. The molecular weight excluding hydrogens is 545 g/mol. The van der Waals surface area contributed by atoms with Crippen molar-refractivity contribution >= 4 is 35.0 Å². The topological polar surface area (TPSA) is 82.4 Å². The van der Waals surface area contributed by atoms with Crippen molar-refractivity contribution in [2.75, 3.05) is 13.1 Å². The van der Waals surface area contributed by atoms with Crippen molar-refractivity contribution in [3.05, 3.63) is 99.5 Å². The summed E-state index contributed by atoms with van der Waals surface area (Å²) in [5, 5.41) is 13.5. The Kier molecular flexibility index (Phi) is 10.9. The lowest BCUT2D eigenvalue weighted by Gasteiger charge is -2.32. The molecule has 0 spiro atoms. The number of ether oxygens (including phenoxy) is 1. The van der Waals surface area contributed by atoms with Gasteiger partial charge in [0, 0.05) is 32.4 Å². The predicted octanol–water partition coefficient (Wildman–Crippen LogP) is 6.38. The van der Waals surface area contributed by atoms with Gasteiger partial charge in [0.05, 0.1) is 16.1 Å². The first-order valence-corrected chi connectivity index (χ1v) is 14.3. The van der Waals surface area contributed by atoms with Crippen LogP contribution >= 0.6 is 23.2 Å². The highest BCUT2D eigenvalue weighted by molar-refractivity contribution is 6.42. The van der Waals surface area contributed by atoms with Gasteiger partial charge in [-0.2, -0.15) is 5.26 Å². The van der Waals surface area contributed by atoms with Gasteiger partial charge in [0.2, 0.25) is 11.8 Å². The van der Waals surface area contributed by atoms with Crippen molar-refractivity contribution in [3.8, 4) is 11.8 Å². The van der Waals surface area contributed by atoms with E-state index in [0.717, 1.165) is 35.3 Å². The van der Waals surface area contributed by atoms with Crippen LogP contribution in [0.1, 0.15) is 42.4 Å². The van der Waals surface area contributed by atoms with Gasteiger partial charge >= 0.3 is 0 Å². The molecule has 3 aromatic rings. The van der Waals surface area contributed by atoms with Crippen LogP contribution in [0.4, 0.5) is 0 Å². The van der Waals surface area contributed by atoms with Gasteiger partial charge in [0.25, 0.3) is 0 Å². The van der Waals surface area contributed by atoms with Crippen LogP contribution < -0.4 is 10.1 Å². The monoisotopic (exact) mass is 577 g/mol. The maximum Gasteiger partial charge on any atom is 0.222 e. The molecule has 40 heavy (non-hydrogen) atoms. The van der Waals surface area contributed by atoms with Crippen LogP contribution in [0.2, 0.25) is 10.0 Å². The first-order chi connectivity index (χ1) is 19.4. The number of carbonyl (C=O) groups is 2. The molecule has 0 aliphatic carbocycles. The molecule has 8 heteroatoms. The number of likely N-dealkylation sites (tertiary alicyclic amines) is 1. The summed E-state index contributed by atoms with van der Waals surface area (Å²) in [6.45, 7) is 1.76. The lowest BCUT2D eigenvalue weighted by Crippen LogP contribution is -2.41. The molecule has 3 aromatic carbocycles. The van der Waals surface area contributed by atoms with Gasteiger partial charge in [-0.3, -0.25) is 9.59 Å². The zero-order chi connectivity index (χ0) is 28.3. The summed E-state index contributed by atoms with van der Waals surface area (Å²) in [6, 6.07) is 24.6. The summed E-state index contributed by atoms with van der Waals surface area (Å²) in [4.78, 5) is 27.2. The Balaban J connectivity index is 1.16. The molecule has 208 valence electrons. The summed E-state index contributed by atoms with van der Waals surface area (Å²) in [5.41, 5.74) is 3.02. The fraction of sp³-hybridized carbons (Fsp3) is 0.344. The molecule has 1 fully saturated rings. The molecule has 1 atom stereocenters. The highest BCUT2D eigenvalue weighted by atomic mass is 35.5. The van der Waals surface area contributed by atoms with Gasteiger partial charge in [-0.05, 0) is 66.1 Å². The number of nitrogens with one attached hydrogen (secondary N) is 1. The van der Waals surface area contributed by atoms with Crippen LogP contribution in [-0.4, -0.2) is 35.8 Å². The third-order valence-electron chi connectivity index (χ3n) is 7.16. The van der Waals surface area contributed by atoms with Crippen molar-refractivity contribution in [2.45, 2.75) is 51.2 Å². The molecule has 1 aliphatic heterocycles. The predicted molar refractivity (Wildman–Crippen MR) is 157 cm³/mol. The van der Waals surface area contributed by atoms with Gasteiger partial charge in [-0.15, -0.1) is 0 Å². The highest BCUT2D eigenvalue weighted by Crippen LogP contribution is 2.24. The van der Waals surface area contributed by atoms with Gasteiger partial charge in [-0.25, -0.2) is 0 Å². The van der Waals surface area contributed by atoms with Crippen LogP contribution in [0.3, 0.4) is 0 Å². The van der Waals surface area contributed by atoms with Crippen LogP contribution in [-0.2, 0) is 29.0 Å². The quantitative estimate of drug-likeness (QED) is 0.286. The summed E-state index contributed by atoms with van der Waals surface area (Å²) < 4.78 is 5.82. The van der Waals surface area contributed by atoms with E-state index in [1.807, 2.05) is 65.6 Å². The number of hydrogen-bond acceptors (Lipinski definition) is 4. The molecular formula is C32H33Cl2N3O3. The second-order valence-electron chi connectivity index (χ2n) is 10.1. The van der Waals surface area contributed by atoms with Crippen molar-refractivity contribution in [2.24, 2.45) is 5.92 Å². The van der Waals surface area contributed by atoms with Gasteiger partial charge in [0.1, 0.15) is 18.4 Å². The third kappa shape index (κ3) is 9.01. The van der Waals surface area contributed by atoms with E-state index in [1.165, 1.54) is 0 Å². The normalized spacial score (nSPS) is 14.3. The lowest BCUT2D eigenvalue weighted by molar-refractivity contribution is -0.132. The fourth-order valence-corrected chi connectivity index (χ4v) is 5.15. The first kappa shape index (κ1) is 29.5. The van der Waals surface area contributed by atoms with Crippen molar-refractivity contribution < 1.29 is 14.3 Å². The summed E-state index contributed by atoms with van der Waals surface area (Å²) in [5.74, 6) is 0.928. The number of halogens is 2. The Morgan fingerprint density at radius 2 is 1.65 bits per heavy atom. The number of hydrogen-bond donors (Lipinski definition) is 1. The zero-order valence-corrected chi connectivity index (χ0v) is 23.8. The fourth-order valence-electron chi connectivity index (χ4n) is 4.83. The maximum atomic E-state index is 12.7. The SMILES string of the molecule is N#C[C@H](Cc1ccc(OCc2ccccc2)cc1)NC(=O)CC1CCN(C(=O)CCc2ccc(Cl)c(Cl)c2)CC1. The second kappa shape index (κ2) is 14.7. The number of nitriles is 1. The molecule has 1 N–H and O–H groups in total. The van der Waals surface area contributed by atoms with Crippen LogP contribution in [0.5, 0.6) is 5.75 Å². The molecule has 1 heterocycles. The molecule has 4 rings (SSSR count). The molecule has 1 saturated heterocycles. The van der Waals surface area contributed by atoms with E-state index in [0.29, 0.717) is 55.4 Å². The number of rotatable bonds is 11. The third-order valence-corrected chi connectivity index (χ3v) is 7.89. The van der Waals surface area contributed by atoms with Gasteiger partial charge in [0.15, 0.2) is 0 Å². The summed E-state index contributed by atoms with van der Waals surface area (Å²) in [6.07, 6.45) is 3.34. The Labute approximate surface area is 245 Å². The van der Waals surface area contributed by atoms with Crippen molar-refractivity contribution in [1.82, 2.24) is 10.2 Å². The second-order valence-corrected chi connectivity index (χ2v) is 11.0. The van der Waals surface area contributed by atoms with E-state index in [9.17, 15) is 14.9 Å².